The third-order valence-electron chi connectivity index (χ3n) is 4.66. The minimum Gasteiger partial charge on any atom is -0.489 e. The number of anilines is 1. The maximum absolute atomic E-state index is 12.1. The van der Waals surface area contributed by atoms with Crippen LogP contribution in [0.1, 0.15) is 37.7 Å². The number of hydrogen-bond donors (Lipinski definition) is 2. The number of benzene rings is 2. The summed E-state index contributed by atoms with van der Waals surface area (Å²) in [5.41, 5.74) is 3.39. The molecule has 0 unspecified atom stereocenters. The highest BCUT2D eigenvalue weighted by Gasteiger charge is 2.06. The van der Waals surface area contributed by atoms with Crippen LogP contribution in [0.2, 0.25) is 0 Å². The van der Waals surface area contributed by atoms with Crippen LogP contribution in [0.25, 0.3) is 0 Å². The van der Waals surface area contributed by atoms with Crippen LogP contribution in [-0.2, 0) is 11.4 Å². The molecule has 0 spiro atoms. The molecule has 0 aliphatic heterocycles. The smallest absolute Gasteiger partial charge is 0.238 e. The molecule has 0 aromatic heterocycles. The second kappa shape index (κ2) is 10.5. The molecule has 2 N–H and O–H groups in total. The third-order valence-corrected chi connectivity index (χ3v) is 4.66. The number of amides is 1. The fraction of sp³-hybridized carbons (Fsp3) is 0.348. The van der Waals surface area contributed by atoms with Gasteiger partial charge in [0.25, 0.3) is 0 Å². The molecule has 27 heavy (non-hydrogen) atoms. The first-order valence-corrected chi connectivity index (χ1v) is 9.75. The zero-order valence-electron chi connectivity index (χ0n) is 15.7. The number of allylic oxidation sites excluding steroid dienone is 1. The van der Waals surface area contributed by atoms with E-state index in [0.29, 0.717) is 13.2 Å². The molecular formula is C23H28N2O2. The minimum absolute atomic E-state index is 0.0344. The lowest BCUT2D eigenvalue weighted by atomic mass is 9.97. The maximum Gasteiger partial charge on any atom is 0.238 e. The molecule has 1 aliphatic rings. The first kappa shape index (κ1) is 19.2. The Kier molecular flexibility index (Phi) is 7.48. The van der Waals surface area contributed by atoms with E-state index in [2.05, 4.69) is 16.7 Å². The number of carbonyl (C=O) groups is 1. The van der Waals surface area contributed by atoms with Crippen LogP contribution < -0.4 is 15.4 Å². The number of rotatable bonds is 9. The van der Waals surface area contributed by atoms with Crippen LogP contribution in [0.3, 0.4) is 0 Å². The van der Waals surface area contributed by atoms with Crippen molar-refractivity contribution in [2.45, 2.75) is 38.7 Å². The minimum atomic E-state index is -0.0344. The van der Waals surface area contributed by atoms with Gasteiger partial charge in [-0.3, -0.25) is 4.79 Å². The second-order valence-electron chi connectivity index (χ2n) is 6.89. The molecule has 1 aliphatic carbocycles. The average Bonchev–Trinajstić information content (AvgIpc) is 2.72. The van der Waals surface area contributed by atoms with Gasteiger partial charge in [0.2, 0.25) is 5.91 Å². The van der Waals surface area contributed by atoms with Gasteiger partial charge in [-0.15, -0.1) is 0 Å². The Balaban J connectivity index is 1.39. The van der Waals surface area contributed by atoms with Crippen molar-refractivity contribution in [3.63, 3.8) is 0 Å². The second-order valence-corrected chi connectivity index (χ2v) is 6.89. The predicted octanol–water partition coefficient (Wildman–Crippen LogP) is 4.68. The van der Waals surface area contributed by atoms with Crippen LogP contribution in [-0.4, -0.2) is 19.0 Å². The van der Waals surface area contributed by atoms with Crippen molar-refractivity contribution in [2.75, 3.05) is 18.4 Å². The van der Waals surface area contributed by atoms with Gasteiger partial charge in [0, 0.05) is 11.8 Å². The van der Waals surface area contributed by atoms with Crippen LogP contribution >= 0.6 is 0 Å². The van der Waals surface area contributed by atoms with Gasteiger partial charge in [0.15, 0.2) is 0 Å². The van der Waals surface area contributed by atoms with Crippen molar-refractivity contribution in [2.24, 2.45) is 0 Å². The predicted molar refractivity (Wildman–Crippen MR) is 110 cm³/mol. The summed E-state index contributed by atoms with van der Waals surface area (Å²) >= 11 is 0. The third kappa shape index (κ3) is 6.91. The monoisotopic (exact) mass is 364 g/mol. The van der Waals surface area contributed by atoms with E-state index in [9.17, 15) is 4.79 Å². The van der Waals surface area contributed by atoms with E-state index in [4.69, 9.17) is 4.74 Å². The number of carbonyl (C=O) groups excluding carboxylic acids is 1. The van der Waals surface area contributed by atoms with Crippen LogP contribution in [0.5, 0.6) is 5.75 Å². The van der Waals surface area contributed by atoms with Gasteiger partial charge in [-0.2, -0.15) is 0 Å². The van der Waals surface area contributed by atoms with Crippen molar-refractivity contribution in [3.05, 3.63) is 71.8 Å². The Bertz CT molecular complexity index is 756. The number of ether oxygens (including phenoxy) is 1. The summed E-state index contributed by atoms with van der Waals surface area (Å²) in [5.74, 6) is 0.710. The topological polar surface area (TPSA) is 50.4 Å². The fourth-order valence-corrected chi connectivity index (χ4v) is 3.19. The van der Waals surface area contributed by atoms with Crippen molar-refractivity contribution in [1.29, 1.82) is 0 Å². The summed E-state index contributed by atoms with van der Waals surface area (Å²) < 4.78 is 5.81. The zero-order valence-corrected chi connectivity index (χ0v) is 15.7. The van der Waals surface area contributed by atoms with Gasteiger partial charge in [0.05, 0.1) is 6.54 Å². The first-order chi connectivity index (χ1) is 13.3. The summed E-state index contributed by atoms with van der Waals surface area (Å²) in [6.07, 6.45) is 8.42. The summed E-state index contributed by atoms with van der Waals surface area (Å²) in [5, 5.41) is 6.15. The highest BCUT2D eigenvalue weighted by atomic mass is 16.5. The summed E-state index contributed by atoms with van der Waals surface area (Å²) in [4.78, 5) is 12.1. The first-order valence-electron chi connectivity index (χ1n) is 9.75. The highest BCUT2D eigenvalue weighted by molar-refractivity contribution is 5.92. The quantitative estimate of drug-likeness (QED) is 0.501. The van der Waals surface area contributed by atoms with Crippen molar-refractivity contribution >= 4 is 11.6 Å². The molecular weight excluding hydrogens is 336 g/mol. The summed E-state index contributed by atoms with van der Waals surface area (Å²) in [6, 6.07) is 17.5. The van der Waals surface area contributed by atoms with E-state index in [1.165, 1.54) is 31.3 Å². The van der Waals surface area contributed by atoms with Crippen LogP contribution in [0, 0.1) is 0 Å². The molecule has 0 saturated heterocycles. The van der Waals surface area contributed by atoms with Gasteiger partial charge < -0.3 is 15.4 Å². The Morgan fingerprint density at radius 1 is 1.04 bits per heavy atom. The largest absolute Gasteiger partial charge is 0.489 e. The molecule has 0 atom stereocenters. The molecule has 0 bridgehead atoms. The van der Waals surface area contributed by atoms with Gasteiger partial charge in [-0.1, -0.05) is 48.0 Å². The van der Waals surface area contributed by atoms with Crippen molar-refractivity contribution in [3.8, 4) is 5.75 Å². The molecule has 3 rings (SSSR count). The molecule has 2 aromatic rings. The SMILES string of the molecule is O=C(CNCCC1=CCCCC1)Nc1cccc(OCc2ccccc2)c1. The van der Waals surface area contributed by atoms with E-state index in [1.807, 2.05) is 54.6 Å². The molecule has 1 amide bonds. The molecule has 0 heterocycles. The Morgan fingerprint density at radius 3 is 2.74 bits per heavy atom. The number of nitrogens with one attached hydrogen (secondary N) is 2. The van der Waals surface area contributed by atoms with Crippen molar-refractivity contribution in [1.82, 2.24) is 5.32 Å². The Morgan fingerprint density at radius 2 is 1.93 bits per heavy atom. The van der Waals surface area contributed by atoms with Crippen molar-refractivity contribution < 1.29 is 9.53 Å². The Hall–Kier alpha value is -2.59. The molecule has 142 valence electrons. The normalized spacial score (nSPS) is 13.7. The van der Waals surface area contributed by atoms with Gasteiger partial charge in [0.1, 0.15) is 12.4 Å². The lowest BCUT2D eigenvalue weighted by Crippen LogP contribution is -2.29. The lowest BCUT2D eigenvalue weighted by molar-refractivity contribution is -0.115. The highest BCUT2D eigenvalue weighted by Crippen LogP contribution is 2.20. The van der Waals surface area contributed by atoms with Crippen LogP contribution in [0.4, 0.5) is 5.69 Å². The summed E-state index contributed by atoms with van der Waals surface area (Å²) in [7, 11) is 0. The van der Waals surface area contributed by atoms with E-state index in [0.717, 1.165) is 30.0 Å². The van der Waals surface area contributed by atoms with E-state index >= 15 is 0 Å². The molecule has 4 nitrogen and oxygen atoms in total. The maximum atomic E-state index is 12.1. The molecule has 0 radical (unpaired) electrons. The summed E-state index contributed by atoms with van der Waals surface area (Å²) in [6.45, 7) is 1.68. The molecule has 0 fully saturated rings. The van der Waals surface area contributed by atoms with E-state index in [1.54, 1.807) is 0 Å². The Labute approximate surface area is 161 Å². The molecule has 0 saturated carbocycles. The lowest BCUT2D eigenvalue weighted by Gasteiger charge is -2.13. The number of hydrogen-bond acceptors (Lipinski definition) is 3. The van der Waals surface area contributed by atoms with E-state index in [-0.39, 0.29) is 5.91 Å². The van der Waals surface area contributed by atoms with Gasteiger partial charge in [-0.05, 0) is 56.3 Å². The molecule has 4 heteroatoms. The molecule has 2 aromatic carbocycles. The average molecular weight is 364 g/mol. The zero-order chi connectivity index (χ0) is 18.7. The standard InChI is InChI=1S/C23H28N2O2/c26-23(17-24-15-14-19-8-3-1-4-9-19)25-21-12-7-13-22(16-21)27-18-20-10-5-2-6-11-20/h2,5-8,10-13,16,24H,1,3-4,9,14-15,17-18H2,(H,25,26). The van der Waals surface area contributed by atoms with Gasteiger partial charge in [-0.25, -0.2) is 0 Å². The van der Waals surface area contributed by atoms with E-state index < -0.39 is 0 Å². The fourth-order valence-electron chi connectivity index (χ4n) is 3.19. The van der Waals surface area contributed by atoms with Gasteiger partial charge >= 0.3 is 0 Å². The van der Waals surface area contributed by atoms with Crippen LogP contribution in [0.15, 0.2) is 66.2 Å².